The molecule has 0 spiro atoms. The summed E-state index contributed by atoms with van der Waals surface area (Å²) in [6, 6.07) is 29.0. The van der Waals surface area contributed by atoms with Gasteiger partial charge in [-0.15, -0.1) is 11.8 Å². The van der Waals surface area contributed by atoms with Crippen LogP contribution >= 0.6 is 24.0 Å². The van der Waals surface area contributed by atoms with Crippen LogP contribution in [0.25, 0.3) is 11.1 Å². The Morgan fingerprint density at radius 3 is 2.15 bits per heavy atom. The Kier molecular flexibility index (Phi) is 6.70. The SMILES string of the molecule is CC(C)(SC(=S)CCOc1ccccc1-c1ccccc1)c1ccccc1. The molecule has 0 atom stereocenters. The molecule has 0 N–H and O–H groups in total. The summed E-state index contributed by atoms with van der Waals surface area (Å²) in [6.07, 6.45) is 0.749. The molecule has 0 saturated heterocycles. The Balaban J connectivity index is 1.58. The lowest BCUT2D eigenvalue weighted by molar-refractivity contribution is 0.332. The maximum atomic E-state index is 6.08. The monoisotopic (exact) mass is 392 g/mol. The van der Waals surface area contributed by atoms with Crippen LogP contribution in [0, 0.1) is 0 Å². The predicted octanol–water partition coefficient (Wildman–Crippen LogP) is 7.12. The molecule has 0 amide bonds. The fourth-order valence-electron chi connectivity index (χ4n) is 2.93. The maximum Gasteiger partial charge on any atom is 0.127 e. The first-order chi connectivity index (χ1) is 13.1. The summed E-state index contributed by atoms with van der Waals surface area (Å²) < 4.78 is 7.01. The second-order valence-corrected chi connectivity index (χ2v) is 9.28. The molecule has 0 aromatic heterocycles. The molecule has 0 radical (unpaired) electrons. The lowest BCUT2D eigenvalue weighted by atomic mass is 10.0. The summed E-state index contributed by atoms with van der Waals surface area (Å²) in [5.74, 6) is 0.902. The Hall–Kier alpha value is -2.10. The minimum Gasteiger partial charge on any atom is -0.493 e. The summed E-state index contributed by atoms with van der Waals surface area (Å²) in [5, 5.41) is 0. The average molecular weight is 393 g/mol. The van der Waals surface area contributed by atoms with E-state index >= 15 is 0 Å². The van der Waals surface area contributed by atoms with Crippen molar-refractivity contribution in [3.8, 4) is 16.9 Å². The van der Waals surface area contributed by atoms with Crippen molar-refractivity contribution < 1.29 is 4.74 Å². The third-order valence-electron chi connectivity index (χ3n) is 4.37. The number of hydrogen-bond donors (Lipinski definition) is 0. The number of ether oxygens (including phenoxy) is 1. The summed E-state index contributed by atoms with van der Waals surface area (Å²) in [6.45, 7) is 5.01. The van der Waals surface area contributed by atoms with Crippen molar-refractivity contribution in [2.45, 2.75) is 25.0 Å². The van der Waals surface area contributed by atoms with E-state index in [-0.39, 0.29) is 4.75 Å². The molecule has 3 aromatic carbocycles. The van der Waals surface area contributed by atoms with Gasteiger partial charge in [0, 0.05) is 16.7 Å². The van der Waals surface area contributed by atoms with Gasteiger partial charge in [0.15, 0.2) is 0 Å². The van der Waals surface area contributed by atoms with E-state index in [1.165, 1.54) is 5.56 Å². The molecule has 0 aliphatic carbocycles. The van der Waals surface area contributed by atoms with Crippen LogP contribution in [0.2, 0.25) is 0 Å². The first kappa shape index (κ1) is 19.7. The Labute approximate surface area is 171 Å². The van der Waals surface area contributed by atoms with Crippen LogP contribution in [0.15, 0.2) is 84.9 Å². The largest absolute Gasteiger partial charge is 0.493 e. The molecule has 1 nitrogen and oxygen atoms in total. The molecule has 138 valence electrons. The van der Waals surface area contributed by atoms with Crippen molar-refractivity contribution in [2.75, 3.05) is 6.61 Å². The fraction of sp³-hybridized carbons (Fsp3) is 0.208. The van der Waals surface area contributed by atoms with Gasteiger partial charge in [0.05, 0.1) is 10.8 Å². The summed E-state index contributed by atoms with van der Waals surface area (Å²) in [5.41, 5.74) is 3.56. The molecule has 0 fully saturated rings. The van der Waals surface area contributed by atoms with Crippen LogP contribution in [0.5, 0.6) is 5.75 Å². The predicted molar refractivity (Wildman–Crippen MR) is 122 cm³/mol. The summed E-state index contributed by atoms with van der Waals surface area (Å²) in [7, 11) is 0. The number of hydrogen-bond acceptors (Lipinski definition) is 3. The fourth-order valence-corrected chi connectivity index (χ4v) is 4.64. The van der Waals surface area contributed by atoms with Gasteiger partial charge < -0.3 is 4.74 Å². The zero-order chi connectivity index (χ0) is 19.1. The summed E-state index contributed by atoms with van der Waals surface area (Å²) >= 11 is 7.37. The molecule has 0 saturated carbocycles. The van der Waals surface area contributed by atoms with Gasteiger partial charge in [0.2, 0.25) is 0 Å². The molecule has 3 heteroatoms. The van der Waals surface area contributed by atoms with E-state index in [0.717, 1.165) is 27.5 Å². The topological polar surface area (TPSA) is 9.23 Å². The molecule has 0 heterocycles. The Bertz CT molecular complexity index is 873. The van der Waals surface area contributed by atoms with Gasteiger partial charge in [-0.1, -0.05) is 91.1 Å². The van der Waals surface area contributed by atoms with E-state index in [2.05, 4.69) is 56.3 Å². The molecule has 0 bridgehead atoms. The van der Waals surface area contributed by atoms with Crippen molar-refractivity contribution in [1.29, 1.82) is 0 Å². The van der Waals surface area contributed by atoms with Gasteiger partial charge in [0.25, 0.3) is 0 Å². The average Bonchev–Trinajstić information content (AvgIpc) is 2.69. The highest BCUT2D eigenvalue weighted by Gasteiger charge is 2.23. The minimum absolute atomic E-state index is 0.0414. The molecule has 3 rings (SSSR count). The third-order valence-corrected chi connectivity index (χ3v) is 6.01. The molecular weight excluding hydrogens is 368 g/mol. The number of thioether (sulfide) groups is 1. The summed E-state index contributed by atoms with van der Waals surface area (Å²) in [4.78, 5) is 0. The molecule has 27 heavy (non-hydrogen) atoms. The number of rotatable bonds is 7. The maximum absolute atomic E-state index is 6.08. The van der Waals surface area contributed by atoms with Crippen molar-refractivity contribution in [1.82, 2.24) is 0 Å². The normalized spacial score (nSPS) is 11.2. The third kappa shape index (κ3) is 5.44. The van der Waals surface area contributed by atoms with Gasteiger partial charge >= 0.3 is 0 Å². The second-order valence-electron chi connectivity index (χ2n) is 6.81. The quantitative estimate of drug-likeness (QED) is 0.396. The standard InChI is InChI=1S/C24H24OS2/c1-24(2,20-13-7-4-8-14-20)27-23(26)17-18-25-22-16-10-9-15-21(22)19-11-5-3-6-12-19/h3-16H,17-18H2,1-2H3. The van der Waals surface area contributed by atoms with Gasteiger partial charge in [-0.3, -0.25) is 0 Å². The van der Waals surface area contributed by atoms with Crippen LogP contribution in [-0.2, 0) is 4.75 Å². The highest BCUT2D eigenvalue weighted by atomic mass is 32.2. The van der Waals surface area contributed by atoms with Gasteiger partial charge in [-0.2, -0.15) is 0 Å². The van der Waals surface area contributed by atoms with E-state index in [1.54, 1.807) is 11.8 Å². The van der Waals surface area contributed by atoms with Gasteiger partial charge in [0.1, 0.15) is 5.75 Å². The van der Waals surface area contributed by atoms with Crippen LogP contribution in [-0.4, -0.2) is 10.8 Å². The Morgan fingerprint density at radius 1 is 0.852 bits per heavy atom. The lowest BCUT2D eigenvalue weighted by Crippen LogP contribution is -2.15. The van der Waals surface area contributed by atoms with Crippen LogP contribution in [0.3, 0.4) is 0 Å². The number of benzene rings is 3. The minimum atomic E-state index is -0.0414. The van der Waals surface area contributed by atoms with Crippen LogP contribution < -0.4 is 4.74 Å². The van der Waals surface area contributed by atoms with Gasteiger partial charge in [-0.25, -0.2) is 0 Å². The molecular formula is C24H24OS2. The van der Waals surface area contributed by atoms with E-state index in [4.69, 9.17) is 17.0 Å². The lowest BCUT2D eigenvalue weighted by Gasteiger charge is -2.25. The van der Waals surface area contributed by atoms with E-state index < -0.39 is 0 Å². The molecule has 0 aliphatic rings. The van der Waals surface area contributed by atoms with Crippen molar-refractivity contribution in [3.63, 3.8) is 0 Å². The Morgan fingerprint density at radius 2 is 1.44 bits per heavy atom. The highest BCUT2D eigenvalue weighted by Crippen LogP contribution is 2.37. The van der Waals surface area contributed by atoms with Crippen molar-refractivity contribution >= 4 is 28.2 Å². The zero-order valence-corrected chi connectivity index (χ0v) is 17.4. The molecule has 3 aromatic rings. The van der Waals surface area contributed by atoms with E-state index in [1.807, 2.05) is 42.5 Å². The van der Waals surface area contributed by atoms with Crippen LogP contribution in [0.4, 0.5) is 0 Å². The first-order valence-electron chi connectivity index (χ1n) is 9.11. The first-order valence-corrected chi connectivity index (χ1v) is 10.3. The van der Waals surface area contributed by atoms with Crippen LogP contribution in [0.1, 0.15) is 25.8 Å². The van der Waals surface area contributed by atoms with Crippen molar-refractivity contribution in [2.24, 2.45) is 0 Å². The van der Waals surface area contributed by atoms with E-state index in [9.17, 15) is 0 Å². The second kappa shape index (κ2) is 9.20. The van der Waals surface area contributed by atoms with E-state index in [0.29, 0.717) is 6.61 Å². The molecule has 0 aliphatic heterocycles. The molecule has 0 unspecified atom stereocenters. The highest BCUT2D eigenvalue weighted by molar-refractivity contribution is 8.23. The zero-order valence-electron chi connectivity index (χ0n) is 15.7. The van der Waals surface area contributed by atoms with Gasteiger partial charge in [-0.05, 0) is 31.0 Å². The smallest absolute Gasteiger partial charge is 0.127 e. The van der Waals surface area contributed by atoms with Crippen molar-refractivity contribution in [3.05, 3.63) is 90.5 Å². The number of thiocarbonyl (C=S) groups is 1. The number of para-hydroxylation sites is 1.